The molecule has 1 fully saturated rings. The zero-order chi connectivity index (χ0) is 21.5. The Morgan fingerprint density at radius 1 is 1.39 bits per heavy atom. The van der Waals surface area contributed by atoms with Crippen molar-refractivity contribution in [2.45, 2.75) is 56.8 Å². The van der Waals surface area contributed by atoms with Crippen LogP contribution in [0.3, 0.4) is 0 Å². The van der Waals surface area contributed by atoms with Gasteiger partial charge < -0.3 is 9.30 Å². The van der Waals surface area contributed by atoms with Gasteiger partial charge in [0.15, 0.2) is 10.9 Å². The van der Waals surface area contributed by atoms with Crippen molar-refractivity contribution in [1.29, 1.82) is 0 Å². The Kier molecular flexibility index (Phi) is 5.79. The quantitative estimate of drug-likeness (QED) is 0.317. The molecule has 1 saturated heterocycles. The van der Waals surface area contributed by atoms with Gasteiger partial charge in [0.25, 0.3) is 5.56 Å². The molecule has 3 aromatic rings. The second kappa shape index (κ2) is 8.56. The van der Waals surface area contributed by atoms with Gasteiger partial charge in [-0.05, 0) is 55.7 Å². The van der Waals surface area contributed by atoms with Crippen LogP contribution in [0.25, 0.3) is 10.2 Å². The topological polar surface area (TPSA) is 66.1 Å². The first-order valence-electron chi connectivity index (χ1n) is 10.9. The predicted octanol–water partition coefficient (Wildman–Crippen LogP) is 4.08. The summed E-state index contributed by atoms with van der Waals surface area (Å²) >= 11 is 3.02. The average molecular weight is 458 g/mol. The van der Waals surface area contributed by atoms with Crippen LogP contribution in [0.4, 0.5) is 0 Å². The number of aromatic nitrogens is 3. The number of nitrogens with zero attached hydrogens (tertiary/aromatic N) is 3. The van der Waals surface area contributed by atoms with Crippen molar-refractivity contribution >= 4 is 39.1 Å². The summed E-state index contributed by atoms with van der Waals surface area (Å²) in [5.74, 6) is 0.935. The van der Waals surface area contributed by atoms with Crippen LogP contribution in [0, 0.1) is 5.92 Å². The van der Waals surface area contributed by atoms with Crippen molar-refractivity contribution in [3.63, 3.8) is 0 Å². The van der Waals surface area contributed by atoms with Crippen LogP contribution < -0.4 is 5.56 Å². The molecule has 2 unspecified atom stereocenters. The summed E-state index contributed by atoms with van der Waals surface area (Å²) in [5.41, 5.74) is 1.90. The van der Waals surface area contributed by atoms with Crippen LogP contribution in [0.1, 0.15) is 47.1 Å². The molecule has 0 amide bonds. The molecule has 0 radical (unpaired) electrons. The maximum Gasteiger partial charge on any atom is 0.263 e. The standard InChI is InChI=1S/C23H27N3O3S2/c1-14-7-8-16-19(11-14)31-21-20(16)22(28)26(12-15-5-4-10-29-15)23(24-21)30-13-18(27)17-6-3-9-25(17)2/h3,6,9,14-15H,4-5,7-8,10-13H2,1-2H3. The first kappa shape index (κ1) is 21.0. The monoisotopic (exact) mass is 457 g/mol. The maximum absolute atomic E-state index is 13.7. The first-order chi connectivity index (χ1) is 15.0. The summed E-state index contributed by atoms with van der Waals surface area (Å²) in [6.45, 7) is 3.52. The molecular formula is C23H27N3O3S2. The summed E-state index contributed by atoms with van der Waals surface area (Å²) in [6, 6.07) is 3.69. The Morgan fingerprint density at radius 2 is 2.26 bits per heavy atom. The minimum Gasteiger partial charge on any atom is -0.376 e. The molecule has 31 heavy (non-hydrogen) atoms. The Hall–Kier alpha value is -1.90. The van der Waals surface area contributed by atoms with E-state index in [0.29, 0.717) is 23.3 Å². The van der Waals surface area contributed by atoms with E-state index >= 15 is 0 Å². The van der Waals surface area contributed by atoms with Gasteiger partial charge in [0.05, 0.1) is 29.5 Å². The number of thiophene rings is 1. The van der Waals surface area contributed by atoms with Crippen LogP contribution in [0.2, 0.25) is 0 Å². The van der Waals surface area contributed by atoms with Gasteiger partial charge in [-0.3, -0.25) is 14.2 Å². The van der Waals surface area contributed by atoms with Gasteiger partial charge in [-0.2, -0.15) is 0 Å². The Bertz CT molecular complexity index is 1190. The zero-order valence-electron chi connectivity index (χ0n) is 17.9. The molecule has 8 heteroatoms. The number of rotatable bonds is 6. The second-order valence-corrected chi connectivity index (χ2v) is 10.7. The lowest BCUT2D eigenvalue weighted by molar-refractivity contribution is 0.0937. The highest BCUT2D eigenvalue weighted by Gasteiger charge is 2.26. The molecule has 6 nitrogen and oxygen atoms in total. The first-order valence-corrected chi connectivity index (χ1v) is 12.8. The van der Waals surface area contributed by atoms with E-state index in [1.54, 1.807) is 15.9 Å². The number of hydrogen-bond acceptors (Lipinski definition) is 6. The fourth-order valence-corrected chi connectivity index (χ4v) is 6.93. The van der Waals surface area contributed by atoms with E-state index in [-0.39, 0.29) is 23.2 Å². The molecule has 0 saturated carbocycles. The lowest BCUT2D eigenvalue weighted by atomic mass is 9.89. The molecule has 1 aliphatic carbocycles. The summed E-state index contributed by atoms with van der Waals surface area (Å²) in [7, 11) is 1.87. The molecule has 1 aliphatic heterocycles. The number of Topliss-reactive ketones (excluding diaryl/α,β-unsaturated/α-hetero) is 1. The predicted molar refractivity (Wildman–Crippen MR) is 125 cm³/mol. The number of carbonyl (C=O) groups excluding carboxylic acids is 1. The Labute approximate surface area is 189 Å². The third-order valence-electron chi connectivity index (χ3n) is 6.35. The number of fused-ring (bicyclic) bond motifs is 3. The molecule has 0 N–H and O–H groups in total. The number of thioether (sulfide) groups is 1. The van der Waals surface area contributed by atoms with Crippen molar-refractivity contribution in [3.8, 4) is 0 Å². The van der Waals surface area contributed by atoms with E-state index in [1.165, 1.54) is 22.2 Å². The Morgan fingerprint density at radius 3 is 3.00 bits per heavy atom. The minimum atomic E-state index is 0.0290. The van der Waals surface area contributed by atoms with Crippen LogP contribution in [-0.4, -0.2) is 38.4 Å². The van der Waals surface area contributed by atoms with Gasteiger partial charge >= 0.3 is 0 Å². The van der Waals surface area contributed by atoms with Crippen molar-refractivity contribution in [1.82, 2.24) is 14.1 Å². The lowest BCUT2D eigenvalue weighted by Crippen LogP contribution is -2.29. The van der Waals surface area contributed by atoms with E-state index in [9.17, 15) is 9.59 Å². The molecule has 2 aliphatic rings. The molecular weight excluding hydrogens is 430 g/mol. The number of carbonyl (C=O) groups is 1. The third kappa shape index (κ3) is 4.01. The number of hydrogen-bond donors (Lipinski definition) is 0. The molecule has 0 aromatic carbocycles. The van der Waals surface area contributed by atoms with E-state index in [1.807, 2.05) is 29.9 Å². The maximum atomic E-state index is 13.7. The summed E-state index contributed by atoms with van der Waals surface area (Å²) in [4.78, 5) is 33.4. The van der Waals surface area contributed by atoms with Crippen molar-refractivity contribution < 1.29 is 9.53 Å². The van der Waals surface area contributed by atoms with Gasteiger partial charge in [-0.15, -0.1) is 11.3 Å². The molecule has 0 bridgehead atoms. The molecule has 0 spiro atoms. The zero-order valence-corrected chi connectivity index (χ0v) is 19.6. The third-order valence-corrected chi connectivity index (χ3v) is 8.48. The summed E-state index contributed by atoms with van der Waals surface area (Å²) < 4.78 is 9.42. The average Bonchev–Trinajstić information content (AvgIpc) is 3.48. The molecule has 5 rings (SSSR count). The summed E-state index contributed by atoms with van der Waals surface area (Å²) in [6.07, 6.45) is 6.97. The Balaban J connectivity index is 1.52. The highest BCUT2D eigenvalue weighted by molar-refractivity contribution is 7.99. The van der Waals surface area contributed by atoms with Crippen molar-refractivity contribution in [2.75, 3.05) is 12.4 Å². The molecule has 3 aromatic heterocycles. The van der Waals surface area contributed by atoms with Crippen LogP contribution >= 0.6 is 23.1 Å². The van der Waals surface area contributed by atoms with Gasteiger partial charge in [-0.1, -0.05) is 18.7 Å². The van der Waals surface area contributed by atoms with Gasteiger partial charge in [0.2, 0.25) is 0 Å². The van der Waals surface area contributed by atoms with E-state index in [2.05, 4.69) is 6.92 Å². The largest absolute Gasteiger partial charge is 0.376 e. The number of ketones is 1. The minimum absolute atomic E-state index is 0.0290. The lowest BCUT2D eigenvalue weighted by Gasteiger charge is -2.18. The number of ether oxygens (including phenoxy) is 1. The molecule has 4 heterocycles. The fourth-order valence-electron chi connectivity index (χ4n) is 4.62. The van der Waals surface area contributed by atoms with E-state index < -0.39 is 0 Å². The van der Waals surface area contributed by atoms with E-state index in [4.69, 9.17) is 9.72 Å². The van der Waals surface area contributed by atoms with Crippen LogP contribution in [0.15, 0.2) is 28.3 Å². The number of aryl methyl sites for hydroxylation is 2. The van der Waals surface area contributed by atoms with E-state index in [0.717, 1.165) is 48.9 Å². The second-order valence-electron chi connectivity index (χ2n) is 8.69. The van der Waals surface area contributed by atoms with Gasteiger partial charge in [0.1, 0.15) is 4.83 Å². The molecule has 2 atom stereocenters. The summed E-state index contributed by atoms with van der Waals surface area (Å²) in [5, 5.41) is 1.42. The molecule has 164 valence electrons. The highest BCUT2D eigenvalue weighted by atomic mass is 32.2. The fraction of sp³-hybridized carbons (Fsp3) is 0.522. The SMILES string of the molecule is CC1CCc2c(sc3nc(SCC(=O)c4cccn4C)n(CC4CCCO4)c(=O)c23)C1. The normalized spacial score (nSPS) is 21.0. The smallest absolute Gasteiger partial charge is 0.263 e. The van der Waals surface area contributed by atoms with Gasteiger partial charge in [-0.25, -0.2) is 4.98 Å². The van der Waals surface area contributed by atoms with Gasteiger partial charge in [0, 0.05) is 24.7 Å². The highest BCUT2D eigenvalue weighted by Crippen LogP contribution is 2.36. The van der Waals surface area contributed by atoms with Crippen molar-refractivity contribution in [2.24, 2.45) is 13.0 Å². The van der Waals surface area contributed by atoms with Crippen LogP contribution in [-0.2, 0) is 31.2 Å². The van der Waals surface area contributed by atoms with Crippen LogP contribution in [0.5, 0.6) is 0 Å². The van der Waals surface area contributed by atoms with Crippen molar-refractivity contribution in [3.05, 3.63) is 44.8 Å².